The predicted octanol–water partition coefficient (Wildman–Crippen LogP) is 14.0. The van der Waals surface area contributed by atoms with Crippen LogP contribution in [0.5, 0.6) is 11.5 Å². The lowest BCUT2D eigenvalue weighted by molar-refractivity contribution is -0.146. The van der Waals surface area contributed by atoms with Gasteiger partial charge in [-0.2, -0.15) is 0 Å². The number of anilines is 2. The minimum absolute atomic E-state index is 0.00137. The Morgan fingerprint density at radius 1 is 0.507 bits per heavy atom. The summed E-state index contributed by atoms with van der Waals surface area (Å²) in [5.74, 6) is 3.13. The Hall–Kier alpha value is -5.18. The maximum absolute atomic E-state index is 14.2. The summed E-state index contributed by atoms with van der Waals surface area (Å²) in [4.78, 5) is 28.5. The summed E-state index contributed by atoms with van der Waals surface area (Å²) in [6.07, 6.45) is 28.6. The summed E-state index contributed by atoms with van der Waals surface area (Å²) >= 11 is 0. The summed E-state index contributed by atoms with van der Waals surface area (Å²) in [6.45, 7) is 5.93. The largest absolute Gasteiger partial charge is 0.493 e. The van der Waals surface area contributed by atoms with E-state index >= 15 is 0 Å². The molecular weight excluding hydrogens is 881 g/mol. The minimum atomic E-state index is -1.78. The number of aliphatic hydroxyl groups excluding tert-OH is 2. The quantitative estimate of drug-likeness (QED) is 0.0230. The maximum atomic E-state index is 14.2. The second kappa shape index (κ2) is 29.4. The first kappa shape index (κ1) is 55.1. The zero-order valence-corrected chi connectivity index (χ0v) is 43.2. The molecule has 384 valence electrons. The monoisotopic (exact) mass is 967 g/mol. The smallest absolute Gasteiger partial charge is 0.184 e. The van der Waals surface area contributed by atoms with Crippen LogP contribution in [0.25, 0.3) is 12.2 Å². The van der Waals surface area contributed by atoms with Gasteiger partial charge in [0.25, 0.3) is 0 Å². The Labute approximate surface area is 426 Å². The molecule has 4 aromatic carbocycles. The van der Waals surface area contributed by atoms with Gasteiger partial charge in [-0.25, -0.2) is 0 Å². The molecule has 0 saturated heterocycles. The molecule has 2 unspecified atom stereocenters. The molecule has 0 radical (unpaired) electrons. The number of carbonyl (C=O) groups is 2. The van der Waals surface area contributed by atoms with Gasteiger partial charge >= 0.3 is 0 Å². The van der Waals surface area contributed by atoms with Crippen LogP contribution in [0.15, 0.2) is 109 Å². The maximum Gasteiger partial charge on any atom is 0.184 e. The topological polar surface area (TPSA) is 145 Å². The van der Waals surface area contributed by atoms with Crippen molar-refractivity contribution in [3.05, 3.63) is 131 Å². The summed E-state index contributed by atoms with van der Waals surface area (Å²) in [7, 11) is 0. The van der Waals surface area contributed by atoms with E-state index in [2.05, 4.69) is 13.8 Å². The first-order chi connectivity index (χ1) is 34.5. The predicted molar refractivity (Wildman–Crippen MR) is 293 cm³/mol. The highest BCUT2D eigenvalue weighted by Crippen LogP contribution is 2.39. The molecule has 0 aromatic heterocycles. The number of benzene rings is 4. The van der Waals surface area contributed by atoms with Gasteiger partial charge in [0.05, 0.1) is 13.2 Å². The van der Waals surface area contributed by atoms with Gasteiger partial charge in [0, 0.05) is 16.8 Å². The molecule has 8 nitrogen and oxygen atoms in total. The lowest BCUT2D eigenvalue weighted by atomic mass is 9.66. The molecule has 6 rings (SSSR count). The molecule has 71 heavy (non-hydrogen) atoms. The van der Waals surface area contributed by atoms with Gasteiger partial charge in [-0.05, 0) is 145 Å². The van der Waals surface area contributed by atoms with Crippen LogP contribution in [-0.4, -0.2) is 47.2 Å². The normalized spacial score (nSPS) is 19.4. The zero-order chi connectivity index (χ0) is 50.3. The third-order valence-electron chi connectivity index (χ3n) is 15.6. The molecule has 2 fully saturated rings. The molecule has 2 atom stereocenters. The van der Waals surface area contributed by atoms with Crippen molar-refractivity contribution in [1.29, 1.82) is 0 Å². The third-order valence-corrected chi connectivity index (χ3v) is 15.6. The minimum Gasteiger partial charge on any atom is -0.493 e. The molecule has 0 bridgehead atoms. The number of ether oxygens (including phenoxy) is 2. The number of rotatable bonds is 30. The van der Waals surface area contributed by atoms with Gasteiger partial charge < -0.3 is 31.2 Å². The summed E-state index contributed by atoms with van der Waals surface area (Å²) in [5.41, 5.74) is 14.4. The molecule has 2 saturated carbocycles. The molecule has 6 N–H and O–H groups in total. The van der Waals surface area contributed by atoms with Crippen molar-refractivity contribution in [3.63, 3.8) is 0 Å². The molecule has 0 amide bonds. The number of unbranched alkanes of at least 4 members (excludes halogenated alkanes) is 8. The molecule has 4 aromatic rings. The number of hydrogen-bond donors (Lipinski definition) is 4. The van der Waals surface area contributed by atoms with Crippen LogP contribution < -0.4 is 20.9 Å². The number of nitrogen functional groups attached to an aromatic ring is 2. The fourth-order valence-electron chi connectivity index (χ4n) is 11.0. The first-order valence-electron chi connectivity index (χ1n) is 27.5. The summed E-state index contributed by atoms with van der Waals surface area (Å²) in [6, 6.07) is 29.3. The number of aliphatic hydroxyl groups is 2. The second-order valence-electron chi connectivity index (χ2n) is 21.3. The Balaban J connectivity index is 1.09. The molecule has 0 spiro atoms. The van der Waals surface area contributed by atoms with E-state index in [1.165, 1.54) is 141 Å². The van der Waals surface area contributed by atoms with Crippen molar-refractivity contribution >= 4 is 35.1 Å². The van der Waals surface area contributed by atoms with Gasteiger partial charge in [-0.3, -0.25) is 9.59 Å². The van der Waals surface area contributed by atoms with Crippen molar-refractivity contribution in [3.8, 4) is 11.5 Å². The summed E-state index contributed by atoms with van der Waals surface area (Å²) < 4.78 is 12.5. The van der Waals surface area contributed by atoms with Crippen LogP contribution in [0.3, 0.4) is 0 Å². The van der Waals surface area contributed by atoms with E-state index < -0.39 is 29.2 Å². The van der Waals surface area contributed by atoms with Crippen molar-refractivity contribution in [2.24, 2.45) is 29.1 Å². The highest BCUT2D eigenvalue weighted by atomic mass is 16.5. The van der Waals surface area contributed by atoms with Gasteiger partial charge in [0.15, 0.2) is 11.6 Å². The third kappa shape index (κ3) is 18.1. The lowest BCUT2D eigenvalue weighted by Crippen LogP contribution is -2.54. The molecule has 2 aliphatic rings. The summed E-state index contributed by atoms with van der Waals surface area (Å²) in [5, 5.41) is 24.6. The second-order valence-corrected chi connectivity index (χ2v) is 21.3. The average molecular weight is 967 g/mol. The highest BCUT2D eigenvalue weighted by Gasteiger charge is 2.49. The number of hydrogen-bond acceptors (Lipinski definition) is 8. The van der Waals surface area contributed by atoms with Crippen LogP contribution in [0.1, 0.15) is 165 Å². The van der Waals surface area contributed by atoms with Crippen LogP contribution >= 0.6 is 0 Å². The van der Waals surface area contributed by atoms with E-state index in [4.69, 9.17) is 20.9 Å². The lowest BCUT2D eigenvalue weighted by Gasteiger charge is -2.40. The van der Waals surface area contributed by atoms with E-state index in [1.54, 1.807) is 60.7 Å². The fraction of sp³-hybridized carbons (Fsp3) is 0.524. The van der Waals surface area contributed by atoms with E-state index in [1.807, 2.05) is 48.5 Å². The Bertz CT molecular complexity index is 2040. The van der Waals surface area contributed by atoms with Gasteiger partial charge in [-0.15, -0.1) is 0 Å². The zero-order valence-electron chi connectivity index (χ0n) is 43.2. The van der Waals surface area contributed by atoms with Gasteiger partial charge in [0.1, 0.15) is 23.7 Å². The highest BCUT2D eigenvalue weighted by molar-refractivity contribution is 6.01. The number of ketones is 2. The average Bonchev–Trinajstić information content (AvgIpc) is 3.40. The molecule has 0 heterocycles. The number of nitrogens with two attached hydrogens (primary N) is 2. The standard InChI is InChI=1S/C63H86N2O6/c1-3-5-7-9-11-13-47-15-19-53(20-16-47)45-70-57-37-27-49(28-38-57)31-41-59(66)61(68)63(43-51-23-33-55(64)34-24-51,44-52-25-35-56(65)36-26-52)62(69)60(67)42-32-50-29-39-58(40-30-50)71-46-54-21-17-48(18-22-54)14-12-10-8-6-4-2/h23-42,47-48,53-54,61-62,68-69H,3-22,43-46,64-65H2,1-2H3/b41-31+,42-32+. The Morgan fingerprint density at radius 2 is 0.845 bits per heavy atom. The molecule has 8 heteroatoms. The van der Waals surface area contributed by atoms with Crippen LogP contribution in [0.4, 0.5) is 11.4 Å². The van der Waals surface area contributed by atoms with Crippen molar-refractivity contribution in [1.82, 2.24) is 0 Å². The molecule has 2 aliphatic carbocycles. The van der Waals surface area contributed by atoms with E-state index in [0.717, 1.165) is 34.5 Å². The van der Waals surface area contributed by atoms with E-state index in [0.29, 0.717) is 47.6 Å². The van der Waals surface area contributed by atoms with Crippen molar-refractivity contribution < 1.29 is 29.3 Å². The molecular formula is C63H86N2O6. The number of carbonyl (C=O) groups excluding carboxylic acids is 2. The van der Waals surface area contributed by atoms with Crippen LogP contribution in [0, 0.1) is 29.1 Å². The van der Waals surface area contributed by atoms with E-state index in [-0.39, 0.29) is 12.8 Å². The first-order valence-corrected chi connectivity index (χ1v) is 27.5. The van der Waals surface area contributed by atoms with Crippen LogP contribution in [-0.2, 0) is 22.4 Å². The Morgan fingerprint density at radius 3 is 1.20 bits per heavy atom. The van der Waals surface area contributed by atoms with Crippen LogP contribution in [0.2, 0.25) is 0 Å². The van der Waals surface area contributed by atoms with Gasteiger partial charge in [-0.1, -0.05) is 177 Å². The van der Waals surface area contributed by atoms with E-state index in [9.17, 15) is 19.8 Å². The Kier molecular flexibility index (Phi) is 22.8. The molecule has 0 aliphatic heterocycles. The van der Waals surface area contributed by atoms with Crippen molar-refractivity contribution in [2.75, 3.05) is 24.7 Å². The fourth-order valence-corrected chi connectivity index (χ4v) is 11.0. The van der Waals surface area contributed by atoms with Gasteiger partial charge in [0.2, 0.25) is 0 Å². The SMILES string of the molecule is CCCCCCCC1CCC(COc2ccc(/C=C/C(=O)C(O)C(Cc3ccc(N)cc3)(Cc3ccc(N)cc3)C(O)C(=O)/C=C/c3ccc(OCC4CCC(CCCCCCC)CC4)cc3)cc2)CC1. The van der Waals surface area contributed by atoms with Crippen molar-refractivity contribution in [2.45, 2.75) is 167 Å².